The fraction of sp³-hybridized carbons (Fsp3) is 0.769. The van der Waals surface area contributed by atoms with Crippen molar-refractivity contribution in [2.45, 2.75) is 51.7 Å². The first-order valence-electron chi connectivity index (χ1n) is 6.34. The summed E-state index contributed by atoms with van der Waals surface area (Å²) in [6, 6.07) is 0. The molecule has 1 unspecified atom stereocenters. The van der Waals surface area contributed by atoms with E-state index in [1.54, 1.807) is 11.3 Å². The number of rotatable bonds is 3. The van der Waals surface area contributed by atoms with E-state index in [4.69, 9.17) is 0 Å². The van der Waals surface area contributed by atoms with Crippen LogP contribution in [0.2, 0.25) is 0 Å². The zero-order valence-corrected chi connectivity index (χ0v) is 12.1. The summed E-state index contributed by atoms with van der Waals surface area (Å²) in [6.07, 6.45) is 3.07. The standard InChI is InChI=1S/C13H23N3S/c1-5-13(4)9-15-12(2,3)10-16(13)8-11-14-6-7-17-11/h6-7,15H,5,8-10H2,1-4H3. The van der Waals surface area contributed by atoms with Crippen LogP contribution in [0.15, 0.2) is 11.6 Å². The van der Waals surface area contributed by atoms with Crippen LogP contribution in [0.1, 0.15) is 39.1 Å². The van der Waals surface area contributed by atoms with Crippen molar-refractivity contribution < 1.29 is 0 Å². The largest absolute Gasteiger partial charge is 0.309 e. The summed E-state index contributed by atoms with van der Waals surface area (Å²) >= 11 is 1.75. The Balaban J connectivity index is 2.14. The van der Waals surface area contributed by atoms with Gasteiger partial charge in [0.25, 0.3) is 0 Å². The molecule has 2 rings (SSSR count). The number of hydrogen-bond donors (Lipinski definition) is 1. The lowest BCUT2D eigenvalue weighted by molar-refractivity contribution is 0.0175. The molecule has 0 aliphatic carbocycles. The summed E-state index contributed by atoms with van der Waals surface area (Å²) in [5.41, 5.74) is 0.452. The van der Waals surface area contributed by atoms with E-state index in [9.17, 15) is 0 Å². The van der Waals surface area contributed by atoms with Crippen LogP contribution in [0.4, 0.5) is 0 Å². The van der Waals surface area contributed by atoms with Gasteiger partial charge in [-0.3, -0.25) is 4.90 Å². The van der Waals surface area contributed by atoms with Gasteiger partial charge < -0.3 is 5.32 Å². The first-order chi connectivity index (χ1) is 7.95. The number of piperazine rings is 1. The second kappa shape index (κ2) is 4.67. The van der Waals surface area contributed by atoms with Gasteiger partial charge in [0.15, 0.2) is 0 Å². The Morgan fingerprint density at radius 1 is 1.47 bits per heavy atom. The van der Waals surface area contributed by atoms with Crippen molar-refractivity contribution in [1.82, 2.24) is 15.2 Å². The number of nitrogens with zero attached hydrogens (tertiary/aromatic N) is 2. The van der Waals surface area contributed by atoms with E-state index in [0.29, 0.717) is 0 Å². The van der Waals surface area contributed by atoms with Crippen LogP contribution in [-0.2, 0) is 6.54 Å². The number of aromatic nitrogens is 1. The molecule has 1 aliphatic heterocycles. The Morgan fingerprint density at radius 2 is 2.24 bits per heavy atom. The molecule has 96 valence electrons. The molecule has 1 fully saturated rings. The molecule has 1 aliphatic rings. The molecule has 2 heterocycles. The van der Waals surface area contributed by atoms with Gasteiger partial charge in [-0.25, -0.2) is 4.98 Å². The van der Waals surface area contributed by atoms with Gasteiger partial charge in [-0.1, -0.05) is 6.92 Å². The van der Waals surface area contributed by atoms with Crippen LogP contribution in [-0.4, -0.2) is 34.1 Å². The highest BCUT2D eigenvalue weighted by molar-refractivity contribution is 7.09. The van der Waals surface area contributed by atoms with Gasteiger partial charge in [0.2, 0.25) is 0 Å². The van der Waals surface area contributed by atoms with Crippen LogP contribution in [0, 0.1) is 0 Å². The molecule has 1 saturated heterocycles. The van der Waals surface area contributed by atoms with E-state index in [0.717, 1.165) is 19.6 Å². The van der Waals surface area contributed by atoms with Crippen LogP contribution >= 0.6 is 11.3 Å². The van der Waals surface area contributed by atoms with Crippen molar-refractivity contribution in [3.8, 4) is 0 Å². The summed E-state index contributed by atoms with van der Waals surface area (Å²) in [5, 5.41) is 6.94. The molecule has 17 heavy (non-hydrogen) atoms. The lowest BCUT2D eigenvalue weighted by Crippen LogP contribution is -2.66. The van der Waals surface area contributed by atoms with Gasteiger partial charge >= 0.3 is 0 Å². The highest BCUT2D eigenvalue weighted by Crippen LogP contribution is 2.28. The summed E-state index contributed by atoms with van der Waals surface area (Å²) in [4.78, 5) is 7.00. The summed E-state index contributed by atoms with van der Waals surface area (Å²) in [7, 11) is 0. The van der Waals surface area contributed by atoms with Crippen LogP contribution in [0.5, 0.6) is 0 Å². The van der Waals surface area contributed by atoms with Gasteiger partial charge in [0.05, 0.1) is 6.54 Å². The van der Waals surface area contributed by atoms with Crippen LogP contribution in [0.25, 0.3) is 0 Å². The van der Waals surface area contributed by atoms with E-state index >= 15 is 0 Å². The highest BCUT2D eigenvalue weighted by Gasteiger charge is 2.39. The van der Waals surface area contributed by atoms with Crippen molar-refractivity contribution in [1.29, 1.82) is 0 Å². The summed E-state index contributed by atoms with van der Waals surface area (Å²) in [5.74, 6) is 0. The van der Waals surface area contributed by atoms with Crippen molar-refractivity contribution >= 4 is 11.3 Å². The zero-order chi connectivity index (χ0) is 12.5. The molecule has 0 bridgehead atoms. The predicted molar refractivity (Wildman–Crippen MR) is 73.3 cm³/mol. The van der Waals surface area contributed by atoms with Gasteiger partial charge in [0, 0.05) is 35.7 Å². The minimum absolute atomic E-state index is 0.200. The van der Waals surface area contributed by atoms with E-state index < -0.39 is 0 Å². The molecular formula is C13H23N3S. The van der Waals surface area contributed by atoms with Crippen molar-refractivity contribution in [3.05, 3.63) is 16.6 Å². The second-order valence-electron chi connectivity index (χ2n) is 5.87. The molecule has 0 spiro atoms. The molecule has 1 atom stereocenters. The molecular weight excluding hydrogens is 230 g/mol. The SMILES string of the molecule is CCC1(C)CNC(C)(C)CN1Cc1nccs1. The van der Waals surface area contributed by atoms with Crippen molar-refractivity contribution in [2.24, 2.45) is 0 Å². The highest BCUT2D eigenvalue weighted by atomic mass is 32.1. The zero-order valence-electron chi connectivity index (χ0n) is 11.3. The molecule has 4 heteroatoms. The fourth-order valence-corrected chi connectivity index (χ4v) is 2.99. The van der Waals surface area contributed by atoms with E-state index in [1.807, 2.05) is 6.20 Å². The van der Waals surface area contributed by atoms with E-state index in [1.165, 1.54) is 11.4 Å². The third-order valence-electron chi connectivity index (χ3n) is 3.87. The predicted octanol–water partition coefficient (Wildman–Crippen LogP) is 2.50. The second-order valence-corrected chi connectivity index (χ2v) is 6.85. The molecule has 1 aromatic rings. The maximum absolute atomic E-state index is 4.41. The molecule has 0 amide bonds. The average molecular weight is 253 g/mol. The summed E-state index contributed by atoms with van der Waals surface area (Å²) in [6.45, 7) is 12.3. The Morgan fingerprint density at radius 3 is 2.82 bits per heavy atom. The maximum Gasteiger partial charge on any atom is 0.107 e. The number of hydrogen-bond acceptors (Lipinski definition) is 4. The molecule has 1 aromatic heterocycles. The smallest absolute Gasteiger partial charge is 0.107 e. The van der Waals surface area contributed by atoms with Gasteiger partial charge in [-0.15, -0.1) is 11.3 Å². The van der Waals surface area contributed by atoms with Crippen LogP contribution in [0.3, 0.4) is 0 Å². The first-order valence-corrected chi connectivity index (χ1v) is 7.22. The average Bonchev–Trinajstić information content (AvgIpc) is 2.76. The van der Waals surface area contributed by atoms with Gasteiger partial charge in [-0.2, -0.15) is 0 Å². The Labute approximate surface area is 108 Å². The first kappa shape index (κ1) is 13.0. The van der Waals surface area contributed by atoms with Gasteiger partial charge in [0.1, 0.15) is 5.01 Å². The lowest BCUT2D eigenvalue weighted by Gasteiger charge is -2.50. The Hall–Kier alpha value is -0.450. The summed E-state index contributed by atoms with van der Waals surface area (Å²) < 4.78 is 0. The quantitative estimate of drug-likeness (QED) is 0.897. The topological polar surface area (TPSA) is 28.2 Å². The molecule has 1 N–H and O–H groups in total. The van der Waals surface area contributed by atoms with E-state index in [-0.39, 0.29) is 11.1 Å². The van der Waals surface area contributed by atoms with Gasteiger partial charge in [-0.05, 0) is 27.2 Å². The van der Waals surface area contributed by atoms with E-state index in [2.05, 4.69) is 48.3 Å². The third-order valence-corrected chi connectivity index (χ3v) is 4.63. The minimum atomic E-state index is 0.200. The lowest BCUT2D eigenvalue weighted by atomic mass is 9.88. The third kappa shape index (κ3) is 2.87. The fourth-order valence-electron chi connectivity index (χ4n) is 2.36. The molecule has 3 nitrogen and oxygen atoms in total. The number of nitrogens with one attached hydrogen (secondary N) is 1. The monoisotopic (exact) mass is 253 g/mol. The Bertz CT molecular complexity index is 361. The van der Waals surface area contributed by atoms with Crippen LogP contribution < -0.4 is 5.32 Å². The van der Waals surface area contributed by atoms with Crippen molar-refractivity contribution in [2.75, 3.05) is 13.1 Å². The Kier molecular flexibility index (Phi) is 3.57. The number of thiazole rings is 1. The van der Waals surface area contributed by atoms with Crippen molar-refractivity contribution in [3.63, 3.8) is 0 Å². The molecule has 0 aromatic carbocycles. The normalized spacial score (nSPS) is 29.4. The minimum Gasteiger partial charge on any atom is -0.309 e. The molecule has 0 radical (unpaired) electrons. The maximum atomic E-state index is 4.41. The molecule has 0 saturated carbocycles.